The number of hydrogen-bond donors (Lipinski definition) is 2. The van der Waals surface area contributed by atoms with Gasteiger partial charge in [0.05, 0.1) is 11.2 Å². The number of amides is 5. The highest BCUT2D eigenvalue weighted by molar-refractivity contribution is 6.12. The third kappa shape index (κ3) is 4.05. The van der Waals surface area contributed by atoms with E-state index < -0.39 is 11.8 Å². The number of benzene rings is 2. The molecular weight excluding hydrogens is 460 g/mol. The fourth-order valence-corrected chi connectivity index (χ4v) is 4.14. The second-order valence-corrected chi connectivity index (χ2v) is 8.52. The van der Waals surface area contributed by atoms with E-state index in [0.717, 1.165) is 16.0 Å². The molecule has 0 unspecified atom stereocenters. The van der Waals surface area contributed by atoms with Gasteiger partial charge >= 0.3 is 6.03 Å². The number of hydrogen-bond acceptors (Lipinski definition) is 5. The first-order chi connectivity index (χ1) is 17.2. The minimum Gasteiger partial charge on any atom is -0.366 e. The molecule has 5 amide bonds. The normalized spacial score (nSPS) is 13.5. The Morgan fingerprint density at radius 1 is 1.00 bits per heavy atom. The van der Waals surface area contributed by atoms with Crippen molar-refractivity contribution in [3.63, 3.8) is 0 Å². The molecule has 36 heavy (non-hydrogen) atoms. The Bertz CT molecular complexity index is 1560. The summed E-state index contributed by atoms with van der Waals surface area (Å²) < 4.78 is 1.83. The van der Waals surface area contributed by atoms with Crippen LogP contribution in [0.1, 0.15) is 26.5 Å². The summed E-state index contributed by atoms with van der Waals surface area (Å²) in [6, 6.07) is 15.2. The molecule has 0 spiro atoms. The highest BCUT2D eigenvalue weighted by Gasteiger charge is 2.33. The molecule has 1 fully saturated rings. The van der Waals surface area contributed by atoms with E-state index in [4.69, 9.17) is 5.73 Å². The topological polar surface area (TPSA) is 130 Å². The minimum absolute atomic E-state index is 0.0105. The molecule has 1 aliphatic rings. The fourth-order valence-electron chi connectivity index (χ4n) is 4.14. The zero-order valence-corrected chi connectivity index (χ0v) is 19.6. The van der Waals surface area contributed by atoms with Gasteiger partial charge in [-0.25, -0.2) is 9.78 Å². The second kappa shape index (κ2) is 8.66. The van der Waals surface area contributed by atoms with Gasteiger partial charge in [0.1, 0.15) is 6.54 Å². The van der Waals surface area contributed by atoms with Crippen LogP contribution in [-0.2, 0) is 4.79 Å². The summed E-state index contributed by atoms with van der Waals surface area (Å²) in [5.74, 6) is -1.26. The lowest BCUT2D eigenvalue weighted by atomic mass is 10.1. The highest BCUT2D eigenvalue weighted by Crippen LogP contribution is 2.28. The zero-order chi connectivity index (χ0) is 25.6. The number of nitrogens with zero attached hydrogens (tertiary/aromatic N) is 4. The van der Waals surface area contributed by atoms with Gasteiger partial charge in [0.15, 0.2) is 5.69 Å². The smallest absolute Gasteiger partial charge is 0.331 e. The molecule has 2 aromatic heterocycles. The van der Waals surface area contributed by atoms with Crippen LogP contribution in [0.5, 0.6) is 0 Å². The lowest BCUT2D eigenvalue weighted by Gasteiger charge is -2.15. The van der Waals surface area contributed by atoms with Crippen molar-refractivity contribution in [2.75, 3.05) is 23.8 Å². The highest BCUT2D eigenvalue weighted by atomic mass is 16.2. The maximum absolute atomic E-state index is 13.1. The number of carbonyl (C=O) groups excluding carboxylic acids is 4. The molecular formula is C26H22N6O4. The summed E-state index contributed by atoms with van der Waals surface area (Å²) in [7, 11) is 1.46. The summed E-state index contributed by atoms with van der Waals surface area (Å²) in [4.78, 5) is 55.6. The van der Waals surface area contributed by atoms with E-state index in [2.05, 4.69) is 10.3 Å². The van der Waals surface area contributed by atoms with Gasteiger partial charge in [0.2, 0.25) is 11.8 Å². The molecule has 1 saturated heterocycles. The van der Waals surface area contributed by atoms with Gasteiger partial charge in [0, 0.05) is 41.9 Å². The number of likely N-dealkylation sites (N-methyl/N-ethyl adjacent to an activating group) is 1. The Balaban J connectivity index is 1.45. The molecule has 10 nitrogen and oxygen atoms in total. The number of nitrogens with one attached hydrogen (secondary N) is 1. The van der Waals surface area contributed by atoms with Crippen molar-refractivity contribution in [1.29, 1.82) is 0 Å². The van der Waals surface area contributed by atoms with Gasteiger partial charge in [-0.1, -0.05) is 18.2 Å². The number of aryl methyl sites for hydroxylation is 1. The van der Waals surface area contributed by atoms with Crippen LogP contribution in [-0.4, -0.2) is 51.6 Å². The zero-order valence-electron chi connectivity index (χ0n) is 19.6. The third-order valence-electron chi connectivity index (χ3n) is 6.02. The first kappa shape index (κ1) is 22.8. The SMILES string of the molecule is Cc1cn2cc(-c3ccc(N4CC(=O)N(C)C4=O)cc3)cc2c(C(=O)Nc2cccc(C(N)=O)c2)n1. The lowest BCUT2D eigenvalue weighted by molar-refractivity contribution is -0.123. The third-order valence-corrected chi connectivity index (χ3v) is 6.02. The van der Waals surface area contributed by atoms with E-state index in [9.17, 15) is 19.2 Å². The molecule has 180 valence electrons. The van der Waals surface area contributed by atoms with Gasteiger partial charge in [-0.15, -0.1) is 0 Å². The number of imide groups is 1. The number of fused-ring (bicyclic) bond motifs is 1. The van der Waals surface area contributed by atoms with Crippen LogP contribution in [0.25, 0.3) is 16.6 Å². The predicted molar refractivity (Wildman–Crippen MR) is 134 cm³/mol. The first-order valence-electron chi connectivity index (χ1n) is 11.1. The van der Waals surface area contributed by atoms with Gasteiger partial charge in [-0.3, -0.25) is 24.2 Å². The molecule has 4 aromatic rings. The number of rotatable bonds is 5. The van der Waals surface area contributed by atoms with E-state index >= 15 is 0 Å². The van der Waals surface area contributed by atoms with Gasteiger partial charge < -0.3 is 15.5 Å². The maximum Gasteiger partial charge on any atom is 0.331 e. The molecule has 10 heteroatoms. The molecule has 0 bridgehead atoms. The van der Waals surface area contributed by atoms with Crippen molar-refractivity contribution >= 4 is 40.6 Å². The molecule has 3 N–H and O–H groups in total. The molecule has 0 radical (unpaired) electrons. The summed E-state index contributed by atoms with van der Waals surface area (Å²) in [5.41, 5.74) is 9.88. The fraction of sp³-hybridized carbons (Fsp3) is 0.115. The number of urea groups is 1. The average molecular weight is 483 g/mol. The van der Waals surface area contributed by atoms with Crippen molar-refractivity contribution in [1.82, 2.24) is 14.3 Å². The van der Waals surface area contributed by atoms with Crippen molar-refractivity contribution < 1.29 is 19.2 Å². The minimum atomic E-state index is -0.586. The summed E-state index contributed by atoms with van der Waals surface area (Å²) in [6.45, 7) is 1.81. The number of carbonyl (C=O) groups is 4. The quantitative estimate of drug-likeness (QED) is 0.422. The Kier molecular flexibility index (Phi) is 5.48. The number of nitrogens with two attached hydrogens (primary N) is 1. The lowest BCUT2D eigenvalue weighted by Crippen LogP contribution is -2.29. The molecule has 1 aliphatic heterocycles. The van der Waals surface area contributed by atoms with Crippen molar-refractivity contribution in [3.05, 3.63) is 83.9 Å². The van der Waals surface area contributed by atoms with Crippen LogP contribution in [0, 0.1) is 6.92 Å². The number of anilines is 2. The number of primary amides is 1. The Morgan fingerprint density at radius 3 is 2.42 bits per heavy atom. The van der Waals surface area contributed by atoms with Crippen molar-refractivity contribution in [3.8, 4) is 11.1 Å². The summed E-state index contributed by atoms with van der Waals surface area (Å²) in [6.07, 6.45) is 3.71. The molecule has 0 atom stereocenters. The van der Waals surface area contributed by atoms with Crippen LogP contribution in [0.4, 0.5) is 16.2 Å². The van der Waals surface area contributed by atoms with E-state index in [1.54, 1.807) is 37.3 Å². The molecule has 5 rings (SSSR count). The van der Waals surface area contributed by atoms with Crippen LogP contribution >= 0.6 is 0 Å². The van der Waals surface area contributed by atoms with Crippen LogP contribution in [0.2, 0.25) is 0 Å². The van der Waals surface area contributed by atoms with Gasteiger partial charge in [-0.05, 0) is 48.9 Å². The maximum atomic E-state index is 13.1. The van der Waals surface area contributed by atoms with Crippen molar-refractivity contribution in [2.45, 2.75) is 6.92 Å². The molecule has 0 aliphatic carbocycles. The van der Waals surface area contributed by atoms with Crippen molar-refractivity contribution in [2.24, 2.45) is 5.73 Å². The van der Waals surface area contributed by atoms with Crippen LogP contribution < -0.4 is 16.0 Å². The van der Waals surface area contributed by atoms with E-state index in [1.165, 1.54) is 18.0 Å². The van der Waals surface area contributed by atoms with Crippen LogP contribution in [0.15, 0.2) is 67.0 Å². The van der Waals surface area contributed by atoms with E-state index in [-0.39, 0.29) is 29.7 Å². The standard InChI is InChI=1S/C26H22N6O4/c1-15-12-31-13-18(16-6-8-20(9-7-16)32-14-22(33)30(2)26(32)36)11-21(31)23(28-15)25(35)29-19-5-3-4-17(10-19)24(27)34/h3-13H,14H2,1-2H3,(H2,27,34)(H,29,35). The van der Waals surface area contributed by atoms with Gasteiger partial charge in [-0.2, -0.15) is 0 Å². The van der Waals surface area contributed by atoms with Crippen LogP contribution in [0.3, 0.4) is 0 Å². The Labute approximate surface area is 205 Å². The molecule has 3 heterocycles. The largest absolute Gasteiger partial charge is 0.366 e. The number of aromatic nitrogens is 2. The van der Waals surface area contributed by atoms with E-state index in [1.807, 2.05) is 35.0 Å². The van der Waals surface area contributed by atoms with Gasteiger partial charge in [0.25, 0.3) is 5.91 Å². The summed E-state index contributed by atoms with van der Waals surface area (Å²) >= 11 is 0. The average Bonchev–Trinajstić information content (AvgIpc) is 3.40. The van der Waals surface area contributed by atoms with E-state index in [0.29, 0.717) is 22.6 Å². The summed E-state index contributed by atoms with van der Waals surface area (Å²) in [5, 5.41) is 2.78. The Morgan fingerprint density at radius 2 is 1.75 bits per heavy atom. The molecule has 0 saturated carbocycles. The monoisotopic (exact) mass is 482 g/mol. The Hall–Kier alpha value is -4.99. The molecule has 2 aromatic carbocycles. The predicted octanol–water partition coefficient (Wildman–Crippen LogP) is 3.06. The second-order valence-electron chi connectivity index (χ2n) is 8.52. The first-order valence-corrected chi connectivity index (χ1v) is 11.1.